The number of oxime groups is 1. The summed E-state index contributed by atoms with van der Waals surface area (Å²) in [7, 11) is 0. The van der Waals surface area contributed by atoms with Gasteiger partial charge in [-0.2, -0.15) is 0 Å². The van der Waals surface area contributed by atoms with E-state index in [1.807, 2.05) is 0 Å². The molecule has 8 atom stereocenters. The first kappa shape index (κ1) is 29.2. The number of rotatable bonds is 8. The fraction of sp³-hybridized carbons (Fsp3) is 0.633. The minimum absolute atomic E-state index is 0.00800. The van der Waals surface area contributed by atoms with E-state index in [2.05, 4.69) is 30.4 Å². The van der Waals surface area contributed by atoms with E-state index < -0.39 is 35.6 Å². The van der Waals surface area contributed by atoms with Crippen LogP contribution in [0.3, 0.4) is 0 Å². The third-order valence-electron chi connectivity index (χ3n) is 10.6. The van der Waals surface area contributed by atoms with Crippen LogP contribution in [0.5, 0.6) is 0 Å². The lowest BCUT2D eigenvalue weighted by molar-refractivity contribution is -0.385. The molecule has 11 heteroatoms. The minimum atomic E-state index is -1.73. The standard InChI is InChI=1S/C30H39N3O8/c1-29-12-10-19(15-18(29)6-7-21-22-8-9-24(34)30(22,2)13-11-23(21)29)32-41-16-25(35)31-26(28(37)38)27(36)17-4-3-5-20(14-17)33(39)40/h3-5,14-15,21-24,26-27,34,36H,6-13,16H2,1-2H3,(H,31,35)(H,37,38)/b32-19-/t21-,22-,23-,24+,26-,27+,29-,30-/m0/s1. The monoisotopic (exact) mass is 569 g/mol. The number of carbonyl (C=O) groups excluding carboxylic acids is 1. The third-order valence-corrected chi connectivity index (χ3v) is 10.6. The summed E-state index contributed by atoms with van der Waals surface area (Å²) in [5.41, 5.74) is 1.93. The molecule has 3 saturated carbocycles. The second-order valence-electron chi connectivity index (χ2n) is 12.7. The Morgan fingerprint density at radius 1 is 1.17 bits per heavy atom. The van der Waals surface area contributed by atoms with Gasteiger partial charge in [0, 0.05) is 12.1 Å². The van der Waals surface area contributed by atoms with Gasteiger partial charge in [-0.25, -0.2) is 4.79 Å². The lowest BCUT2D eigenvalue weighted by Gasteiger charge is -2.57. The second-order valence-corrected chi connectivity index (χ2v) is 12.7. The molecule has 0 radical (unpaired) electrons. The molecule has 11 nitrogen and oxygen atoms in total. The lowest BCUT2D eigenvalue weighted by atomic mass is 9.47. The third kappa shape index (κ3) is 5.37. The van der Waals surface area contributed by atoms with Gasteiger partial charge in [-0.05, 0) is 91.6 Å². The zero-order valence-electron chi connectivity index (χ0n) is 23.5. The summed E-state index contributed by atoms with van der Waals surface area (Å²) in [5.74, 6) is -0.484. The van der Waals surface area contributed by atoms with E-state index in [4.69, 9.17) is 4.84 Å². The zero-order chi connectivity index (χ0) is 29.5. The number of carboxylic acids is 1. The molecule has 1 aromatic carbocycles. The first-order chi connectivity index (χ1) is 19.4. The molecule has 1 amide bonds. The molecule has 5 rings (SSSR count). The van der Waals surface area contributed by atoms with Crippen LogP contribution in [0, 0.1) is 38.7 Å². The van der Waals surface area contributed by atoms with Crippen molar-refractivity contribution in [3.63, 3.8) is 0 Å². The number of allylic oxidation sites excluding steroid dienone is 2. The number of hydrogen-bond donors (Lipinski definition) is 4. The summed E-state index contributed by atoms with van der Waals surface area (Å²) < 4.78 is 0. The van der Waals surface area contributed by atoms with Crippen molar-refractivity contribution in [2.24, 2.45) is 33.7 Å². The Kier molecular flexibility index (Phi) is 7.95. The Morgan fingerprint density at radius 3 is 2.68 bits per heavy atom. The molecule has 0 unspecified atom stereocenters. The number of amides is 1. The van der Waals surface area contributed by atoms with Crippen molar-refractivity contribution in [3.05, 3.63) is 51.6 Å². The SMILES string of the molecule is C[C@]12CC[C@H]3[C@@H](CCC4=C/C(=N\OCC(=O)N[C@H](C(=O)O)[C@H](O)c5cccc([N+](=O)[O-])c5)CC[C@@]43C)[C@@H]1CC[C@H]2O. The molecule has 0 saturated heterocycles. The number of aliphatic hydroxyl groups excluding tert-OH is 2. The summed E-state index contributed by atoms with van der Waals surface area (Å²) in [5, 5.41) is 48.2. The van der Waals surface area contributed by atoms with Crippen molar-refractivity contribution in [1.82, 2.24) is 5.32 Å². The van der Waals surface area contributed by atoms with Crippen LogP contribution in [0.15, 0.2) is 41.1 Å². The lowest BCUT2D eigenvalue weighted by Crippen LogP contribution is -2.51. The molecule has 0 aliphatic heterocycles. The van der Waals surface area contributed by atoms with Crippen molar-refractivity contribution in [3.8, 4) is 0 Å². The molecule has 1 aromatic rings. The topological polar surface area (TPSA) is 172 Å². The number of aliphatic hydroxyl groups is 2. The van der Waals surface area contributed by atoms with E-state index in [-0.39, 0.29) is 28.2 Å². The summed E-state index contributed by atoms with van der Waals surface area (Å²) >= 11 is 0. The Hall–Kier alpha value is -3.31. The van der Waals surface area contributed by atoms with Gasteiger partial charge in [0.05, 0.1) is 16.7 Å². The smallest absolute Gasteiger partial charge is 0.329 e. The average Bonchev–Trinajstić information content (AvgIpc) is 3.25. The van der Waals surface area contributed by atoms with Gasteiger partial charge in [-0.1, -0.05) is 36.7 Å². The molecule has 4 aliphatic carbocycles. The fourth-order valence-corrected chi connectivity index (χ4v) is 8.29. The minimum Gasteiger partial charge on any atom is -0.480 e. The highest BCUT2D eigenvalue weighted by Crippen LogP contribution is 2.65. The first-order valence-corrected chi connectivity index (χ1v) is 14.5. The molecule has 222 valence electrons. The largest absolute Gasteiger partial charge is 0.480 e. The van der Waals surface area contributed by atoms with Crippen LogP contribution in [0.1, 0.15) is 76.9 Å². The number of carbonyl (C=O) groups is 2. The predicted octanol–water partition coefficient (Wildman–Crippen LogP) is 3.89. The van der Waals surface area contributed by atoms with Gasteiger partial charge in [-0.3, -0.25) is 14.9 Å². The Balaban J connectivity index is 1.19. The van der Waals surface area contributed by atoms with Gasteiger partial charge in [0.25, 0.3) is 11.6 Å². The van der Waals surface area contributed by atoms with E-state index in [0.29, 0.717) is 24.2 Å². The van der Waals surface area contributed by atoms with Crippen LogP contribution < -0.4 is 5.32 Å². The molecule has 0 bridgehead atoms. The second kappa shape index (κ2) is 11.2. The number of nitro benzene ring substituents is 1. The summed E-state index contributed by atoms with van der Waals surface area (Å²) in [6, 6.07) is 3.24. The van der Waals surface area contributed by atoms with Gasteiger partial charge in [-0.15, -0.1) is 0 Å². The maximum atomic E-state index is 12.5. The molecule has 41 heavy (non-hydrogen) atoms. The molecular formula is C30H39N3O8. The normalized spacial score (nSPS) is 34.8. The summed E-state index contributed by atoms with van der Waals surface area (Å²) in [6.07, 6.45) is 8.16. The maximum absolute atomic E-state index is 12.5. The fourth-order valence-electron chi connectivity index (χ4n) is 8.29. The predicted molar refractivity (Wildman–Crippen MR) is 149 cm³/mol. The van der Waals surface area contributed by atoms with E-state index in [0.717, 1.165) is 56.7 Å². The van der Waals surface area contributed by atoms with E-state index in [9.17, 15) is 35.0 Å². The number of non-ortho nitro benzene ring substituents is 1. The number of nitrogens with one attached hydrogen (secondary N) is 1. The van der Waals surface area contributed by atoms with Crippen molar-refractivity contribution >= 4 is 23.3 Å². The van der Waals surface area contributed by atoms with E-state index >= 15 is 0 Å². The van der Waals surface area contributed by atoms with Crippen LogP contribution in [-0.4, -0.2) is 56.6 Å². The van der Waals surface area contributed by atoms with Crippen LogP contribution in [0.4, 0.5) is 5.69 Å². The number of benzene rings is 1. The van der Waals surface area contributed by atoms with Crippen molar-refractivity contribution in [2.75, 3.05) is 6.61 Å². The van der Waals surface area contributed by atoms with E-state index in [1.54, 1.807) is 0 Å². The quantitative estimate of drug-likeness (QED) is 0.270. The highest BCUT2D eigenvalue weighted by Gasteiger charge is 2.58. The Morgan fingerprint density at radius 2 is 1.95 bits per heavy atom. The average molecular weight is 570 g/mol. The van der Waals surface area contributed by atoms with Crippen molar-refractivity contribution in [2.45, 2.75) is 83.5 Å². The van der Waals surface area contributed by atoms with Gasteiger partial charge in [0.15, 0.2) is 12.6 Å². The molecule has 0 spiro atoms. The van der Waals surface area contributed by atoms with Crippen molar-refractivity contribution in [1.29, 1.82) is 0 Å². The summed E-state index contributed by atoms with van der Waals surface area (Å²) in [4.78, 5) is 39.9. The Bertz CT molecular complexity index is 1280. The van der Waals surface area contributed by atoms with Gasteiger partial charge in [0.2, 0.25) is 0 Å². The number of aliphatic carboxylic acids is 1. The van der Waals surface area contributed by atoms with Crippen LogP contribution in [-0.2, 0) is 14.4 Å². The number of nitrogens with zero attached hydrogens (tertiary/aromatic N) is 2. The first-order valence-electron chi connectivity index (χ1n) is 14.5. The van der Waals surface area contributed by atoms with Crippen LogP contribution in [0.25, 0.3) is 0 Å². The van der Waals surface area contributed by atoms with Crippen LogP contribution >= 0.6 is 0 Å². The molecule has 3 fully saturated rings. The van der Waals surface area contributed by atoms with Gasteiger partial charge in [0.1, 0.15) is 6.10 Å². The van der Waals surface area contributed by atoms with Gasteiger partial charge < -0.3 is 25.5 Å². The molecule has 4 N–H and O–H groups in total. The number of fused-ring (bicyclic) bond motifs is 5. The number of nitro groups is 1. The molecule has 0 aromatic heterocycles. The Labute approximate surface area is 238 Å². The summed E-state index contributed by atoms with van der Waals surface area (Å²) in [6.45, 7) is 4.11. The van der Waals surface area contributed by atoms with E-state index in [1.165, 1.54) is 23.8 Å². The highest BCUT2D eigenvalue weighted by atomic mass is 16.6. The highest BCUT2D eigenvalue weighted by molar-refractivity contribution is 5.96. The maximum Gasteiger partial charge on any atom is 0.329 e. The zero-order valence-corrected chi connectivity index (χ0v) is 23.5. The molecule has 0 heterocycles. The molecule has 4 aliphatic rings. The molecular weight excluding hydrogens is 530 g/mol. The number of hydrogen-bond acceptors (Lipinski definition) is 8. The van der Waals surface area contributed by atoms with Crippen molar-refractivity contribution < 1.29 is 34.7 Å². The number of carboxylic acid groups (broad SMARTS) is 1. The van der Waals surface area contributed by atoms with Crippen LogP contribution in [0.2, 0.25) is 0 Å². The van der Waals surface area contributed by atoms with Gasteiger partial charge >= 0.3 is 5.97 Å².